The summed E-state index contributed by atoms with van der Waals surface area (Å²) in [4.78, 5) is 53.0. The standard InChI is InChI=1S/C26H29N3O7S/c1-14-13-37-23-20(22(31)29(23)21(14)24(32)33)27-19(30)12-28(25(34)36-26(2,3)4)17-8-6-16-11-18(35-5)9-7-15(16)10-17/h6-11,20,23H,12-13H2,1-5H3,(H,27,30)(H,32,33)/t20?,23-/m0/s1. The lowest BCUT2D eigenvalue weighted by molar-refractivity contribution is -0.150. The second kappa shape index (κ2) is 9.97. The van der Waals surface area contributed by atoms with E-state index in [2.05, 4.69) is 5.32 Å². The van der Waals surface area contributed by atoms with Crippen LogP contribution in [-0.4, -0.2) is 70.3 Å². The van der Waals surface area contributed by atoms with E-state index in [4.69, 9.17) is 9.47 Å². The molecule has 0 saturated carbocycles. The number of nitrogens with one attached hydrogen (secondary N) is 1. The molecular weight excluding hydrogens is 498 g/mol. The summed E-state index contributed by atoms with van der Waals surface area (Å²) in [5.74, 6) is -1.10. The number of anilines is 1. The SMILES string of the molecule is COc1ccc2cc(N(CC(=O)NC3C(=O)N4C(C(=O)O)=C(C)CS[C@@H]34)C(=O)OC(C)(C)C)ccc2c1. The van der Waals surface area contributed by atoms with Crippen molar-refractivity contribution in [3.8, 4) is 5.75 Å². The summed E-state index contributed by atoms with van der Waals surface area (Å²) >= 11 is 1.38. The van der Waals surface area contributed by atoms with Crippen LogP contribution in [0.25, 0.3) is 10.8 Å². The van der Waals surface area contributed by atoms with E-state index in [1.165, 1.54) is 21.6 Å². The number of carbonyl (C=O) groups is 4. The summed E-state index contributed by atoms with van der Waals surface area (Å²) in [7, 11) is 1.58. The maximum atomic E-state index is 13.1. The number of rotatable bonds is 6. The predicted octanol–water partition coefficient (Wildman–Crippen LogP) is 3.35. The van der Waals surface area contributed by atoms with Gasteiger partial charge < -0.3 is 19.9 Å². The van der Waals surface area contributed by atoms with E-state index in [1.54, 1.807) is 53.0 Å². The maximum Gasteiger partial charge on any atom is 0.415 e. The Bertz CT molecular complexity index is 1320. The van der Waals surface area contributed by atoms with Gasteiger partial charge in [0, 0.05) is 11.4 Å². The van der Waals surface area contributed by atoms with Gasteiger partial charge in [-0.15, -0.1) is 11.8 Å². The number of methoxy groups -OCH3 is 1. The maximum absolute atomic E-state index is 13.1. The first kappa shape index (κ1) is 26.3. The molecule has 37 heavy (non-hydrogen) atoms. The van der Waals surface area contributed by atoms with Gasteiger partial charge in [-0.25, -0.2) is 9.59 Å². The average Bonchev–Trinajstić information content (AvgIpc) is 2.83. The highest BCUT2D eigenvalue weighted by Crippen LogP contribution is 2.40. The highest BCUT2D eigenvalue weighted by Gasteiger charge is 2.53. The lowest BCUT2D eigenvalue weighted by atomic mass is 10.0. The topological polar surface area (TPSA) is 125 Å². The smallest absolute Gasteiger partial charge is 0.415 e. The van der Waals surface area contributed by atoms with Crippen LogP contribution in [0.2, 0.25) is 0 Å². The Morgan fingerprint density at radius 3 is 2.49 bits per heavy atom. The molecule has 2 aromatic carbocycles. The van der Waals surface area contributed by atoms with Gasteiger partial charge >= 0.3 is 12.1 Å². The highest BCUT2D eigenvalue weighted by atomic mass is 32.2. The second-order valence-corrected chi connectivity index (χ2v) is 11.0. The zero-order chi connectivity index (χ0) is 27.1. The number of carboxylic acid groups (broad SMARTS) is 1. The molecule has 10 nitrogen and oxygen atoms in total. The number of benzene rings is 2. The molecule has 2 N–H and O–H groups in total. The van der Waals surface area contributed by atoms with Crippen LogP contribution in [-0.2, 0) is 19.1 Å². The molecule has 2 atom stereocenters. The van der Waals surface area contributed by atoms with Crippen molar-refractivity contribution in [2.24, 2.45) is 0 Å². The average molecular weight is 528 g/mol. The Morgan fingerprint density at radius 1 is 1.16 bits per heavy atom. The second-order valence-electron chi connectivity index (χ2n) is 9.85. The van der Waals surface area contributed by atoms with Crippen LogP contribution in [0.15, 0.2) is 47.7 Å². The van der Waals surface area contributed by atoms with Crippen LogP contribution in [0.1, 0.15) is 27.7 Å². The zero-order valence-electron chi connectivity index (χ0n) is 21.2. The fraction of sp³-hybridized carbons (Fsp3) is 0.385. The van der Waals surface area contributed by atoms with Crippen molar-refractivity contribution in [1.29, 1.82) is 0 Å². The molecular formula is C26H29N3O7S. The monoisotopic (exact) mass is 527 g/mol. The number of hydrogen-bond acceptors (Lipinski definition) is 7. The van der Waals surface area contributed by atoms with Crippen molar-refractivity contribution in [2.45, 2.75) is 44.7 Å². The Labute approximate surface area is 218 Å². The van der Waals surface area contributed by atoms with Gasteiger partial charge in [-0.05, 0) is 68.3 Å². The van der Waals surface area contributed by atoms with E-state index in [9.17, 15) is 24.3 Å². The Kier molecular flexibility index (Phi) is 7.09. The van der Waals surface area contributed by atoms with Gasteiger partial charge in [0.05, 0.1) is 7.11 Å². The first-order chi connectivity index (χ1) is 17.4. The number of carboxylic acids is 1. The van der Waals surface area contributed by atoms with E-state index in [-0.39, 0.29) is 5.70 Å². The summed E-state index contributed by atoms with van der Waals surface area (Å²) in [5, 5.41) is 13.4. The molecule has 2 heterocycles. The van der Waals surface area contributed by atoms with Crippen LogP contribution >= 0.6 is 11.8 Å². The van der Waals surface area contributed by atoms with E-state index < -0.39 is 47.4 Å². The number of β-lactam (4-membered cyclic amide) rings is 1. The molecule has 1 unspecified atom stereocenters. The lowest BCUT2D eigenvalue weighted by Gasteiger charge is -2.49. The number of fused-ring (bicyclic) bond motifs is 2. The van der Waals surface area contributed by atoms with Gasteiger partial charge in [-0.1, -0.05) is 12.1 Å². The number of hydrogen-bond donors (Lipinski definition) is 2. The Morgan fingerprint density at radius 2 is 1.84 bits per heavy atom. The number of nitrogens with zero attached hydrogens (tertiary/aromatic N) is 2. The molecule has 0 radical (unpaired) electrons. The third-order valence-corrected chi connectivity index (χ3v) is 7.36. The van der Waals surface area contributed by atoms with Gasteiger partial charge in [-0.3, -0.25) is 19.4 Å². The quantitative estimate of drug-likeness (QED) is 0.548. The molecule has 0 bridgehead atoms. The van der Waals surface area contributed by atoms with Crippen LogP contribution in [0.4, 0.5) is 10.5 Å². The first-order valence-electron chi connectivity index (χ1n) is 11.6. The van der Waals surface area contributed by atoms with Gasteiger partial charge in [-0.2, -0.15) is 0 Å². The minimum Gasteiger partial charge on any atom is -0.497 e. The molecule has 0 aliphatic carbocycles. The number of thioether (sulfide) groups is 1. The summed E-state index contributed by atoms with van der Waals surface area (Å²) < 4.78 is 10.8. The Balaban J connectivity index is 1.55. The molecule has 11 heteroatoms. The fourth-order valence-electron chi connectivity index (χ4n) is 4.22. The molecule has 196 valence electrons. The largest absolute Gasteiger partial charge is 0.497 e. The summed E-state index contributed by atoms with van der Waals surface area (Å²) in [5.41, 5.74) is 0.207. The van der Waals surface area contributed by atoms with E-state index in [0.29, 0.717) is 22.8 Å². The van der Waals surface area contributed by atoms with Crippen molar-refractivity contribution >= 4 is 52.1 Å². The van der Waals surface area contributed by atoms with Crippen molar-refractivity contribution < 1.29 is 33.8 Å². The minimum absolute atomic E-state index is 0.0394. The normalized spacial score (nSPS) is 19.2. The molecule has 2 aliphatic heterocycles. The number of amides is 3. The lowest BCUT2D eigenvalue weighted by Crippen LogP contribution is -2.71. The summed E-state index contributed by atoms with van der Waals surface area (Å²) in [6.45, 7) is 6.47. The molecule has 1 saturated heterocycles. The third-order valence-electron chi connectivity index (χ3n) is 5.94. The predicted molar refractivity (Wildman–Crippen MR) is 139 cm³/mol. The third kappa shape index (κ3) is 5.36. The van der Waals surface area contributed by atoms with Crippen molar-refractivity contribution in [1.82, 2.24) is 10.2 Å². The van der Waals surface area contributed by atoms with E-state index >= 15 is 0 Å². The van der Waals surface area contributed by atoms with Crippen molar-refractivity contribution in [2.75, 3.05) is 24.3 Å². The number of aliphatic carboxylic acids is 1. The van der Waals surface area contributed by atoms with Gasteiger partial charge in [0.25, 0.3) is 5.91 Å². The Hall–Kier alpha value is -3.73. The first-order valence-corrected chi connectivity index (χ1v) is 12.7. The van der Waals surface area contributed by atoms with E-state index in [0.717, 1.165) is 10.8 Å². The molecule has 3 amide bonds. The highest BCUT2D eigenvalue weighted by molar-refractivity contribution is 8.00. The number of carbonyl (C=O) groups excluding carboxylic acids is 3. The molecule has 0 spiro atoms. The minimum atomic E-state index is -1.18. The fourth-order valence-corrected chi connectivity index (χ4v) is 5.52. The van der Waals surface area contributed by atoms with Crippen molar-refractivity contribution in [3.05, 3.63) is 47.7 Å². The molecule has 4 rings (SSSR count). The molecule has 2 aliphatic rings. The van der Waals surface area contributed by atoms with Gasteiger partial charge in [0.15, 0.2) is 0 Å². The zero-order valence-corrected chi connectivity index (χ0v) is 22.0. The van der Waals surface area contributed by atoms with Crippen LogP contribution in [0.5, 0.6) is 5.75 Å². The summed E-state index contributed by atoms with van der Waals surface area (Å²) in [6, 6.07) is 9.92. The van der Waals surface area contributed by atoms with Gasteiger partial charge in [0.1, 0.15) is 35.0 Å². The van der Waals surface area contributed by atoms with Crippen molar-refractivity contribution in [3.63, 3.8) is 0 Å². The van der Waals surface area contributed by atoms with Gasteiger partial charge in [0.2, 0.25) is 5.91 Å². The molecule has 0 aromatic heterocycles. The van der Waals surface area contributed by atoms with E-state index in [1.807, 2.05) is 18.2 Å². The number of ether oxygens (including phenoxy) is 2. The molecule has 1 fully saturated rings. The summed E-state index contributed by atoms with van der Waals surface area (Å²) in [6.07, 6.45) is -0.712. The van der Waals surface area contributed by atoms with Crippen LogP contribution in [0, 0.1) is 0 Å². The van der Waals surface area contributed by atoms with Crippen LogP contribution < -0.4 is 15.0 Å². The van der Waals surface area contributed by atoms with Crippen LogP contribution in [0.3, 0.4) is 0 Å². The molecule has 2 aromatic rings.